The zero-order valence-corrected chi connectivity index (χ0v) is 19.0. The first-order valence-corrected chi connectivity index (χ1v) is 10.7. The van der Waals surface area contributed by atoms with Crippen molar-refractivity contribution in [3.8, 4) is 5.75 Å². The van der Waals surface area contributed by atoms with E-state index in [0.717, 1.165) is 6.08 Å². The summed E-state index contributed by atoms with van der Waals surface area (Å²) in [5.41, 5.74) is 3.77. The number of allylic oxidation sites excluding steroid dienone is 1. The van der Waals surface area contributed by atoms with Crippen molar-refractivity contribution in [2.45, 2.75) is 18.8 Å². The molecule has 0 spiro atoms. The zero-order valence-electron chi connectivity index (χ0n) is 19.0. The van der Waals surface area contributed by atoms with Crippen molar-refractivity contribution in [3.05, 3.63) is 105 Å². The smallest absolute Gasteiger partial charge is 0.416 e. The standard InChI is InChI=1S/C27H16F6O4/c1-36-25(35)17-4-2-15(3-5-17)14-37-22-6-7-23-18(12-22)11-19(24(23)34)8-16-9-20(26(28,29)30)13-21(10-16)27(31,32)33/h2,4,6-10,12-13H,11,14H2,1H3/b19-8+. The molecule has 0 saturated heterocycles. The Balaban J connectivity index is 1.56. The number of hydrogen-bond donors (Lipinski definition) is 0. The van der Waals surface area contributed by atoms with Gasteiger partial charge in [-0.1, -0.05) is 11.5 Å². The van der Waals surface area contributed by atoms with Crippen molar-refractivity contribution in [2.75, 3.05) is 13.7 Å². The molecule has 10 heteroatoms. The van der Waals surface area contributed by atoms with Gasteiger partial charge in [0.1, 0.15) is 17.9 Å². The van der Waals surface area contributed by atoms with Gasteiger partial charge < -0.3 is 9.47 Å². The number of alkyl halides is 6. The van der Waals surface area contributed by atoms with E-state index in [9.17, 15) is 35.9 Å². The number of benzene rings is 2. The van der Waals surface area contributed by atoms with Crippen LogP contribution >= 0.6 is 0 Å². The summed E-state index contributed by atoms with van der Waals surface area (Å²) in [6.07, 6.45) is -5.82. The van der Waals surface area contributed by atoms with Crippen molar-refractivity contribution in [2.24, 2.45) is 0 Å². The number of ether oxygens (including phenoxy) is 2. The molecule has 2 aromatic rings. The number of halogens is 6. The molecule has 2 aliphatic rings. The van der Waals surface area contributed by atoms with Crippen molar-refractivity contribution < 1.29 is 45.4 Å². The van der Waals surface area contributed by atoms with Gasteiger partial charge in [-0.25, -0.2) is 4.79 Å². The normalized spacial score (nSPS) is 16.0. The molecule has 0 fully saturated rings. The molecule has 4 rings (SSSR count). The van der Waals surface area contributed by atoms with Crippen LogP contribution in [0.5, 0.6) is 5.75 Å². The van der Waals surface area contributed by atoms with E-state index in [-0.39, 0.29) is 41.4 Å². The van der Waals surface area contributed by atoms with E-state index in [2.05, 4.69) is 16.2 Å². The fourth-order valence-electron chi connectivity index (χ4n) is 3.76. The van der Waals surface area contributed by atoms with Crippen LogP contribution in [0.4, 0.5) is 26.3 Å². The van der Waals surface area contributed by atoms with Gasteiger partial charge in [-0.15, -0.1) is 0 Å². The third kappa shape index (κ3) is 5.77. The van der Waals surface area contributed by atoms with Crippen LogP contribution in [-0.2, 0) is 28.3 Å². The van der Waals surface area contributed by atoms with Crippen LogP contribution in [0, 0.1) is 0 Å². The summed E-state index contributed by atoms with van der Waals surface area (Å²) in [5, 5.41) is 0. The molecule has 0 aliphatic heterocycles. The highest BCUT2D eigenvalue weighted by Gasteiger charge is 2.37. The maximum absolute atomic E-state index is 13.2. The van der Waals surface area contributed by atoms with E-state index in [0.29, 0.717) is 29.0 Å². The van der Waals surface area contributed by atoms with Gasteiger partial charge in [-0.05, 0) is 65.8 Å². The second-order valence-electron chi connectivity index (χ2n) is 8.14. The molecule has 0 N–H and O–H groups in total. The summed E-state index contributed by atoms with van der Waals surface area (Å²) in [6.45, 7) is 0.0673. The summed E-state index contributed by atoms with van der Waals surface area (Å²) in [6, 6.07) is 5.77. The lowest BCUT2D eigenvalue weighted by Crippen LogP contribution is -2.11. The molecule has 190 valence electrons. The highest BCUT2D eigenvalue weighted by Crippen LogP contribution is 2.38. The Morgan fingerprint density at radius 1 is 0.973 bits per heavy atom. The summed E-state index contributed by atoms with van der Waals surface area (Å²) < 4.78 is 89.2. The predicted octanol–water partition coefficient (Wildman–Crippen LogP) is 6.28. The SMILES string of the molecule is COC(=O)C1=C=C=C(COc2ccc3c(c2)C/C(=C\c2cc(C(F)(F)F)cc(C(F)(F)F)c2)C3=O)C=C1. The molecule has 0 unspecified atom stereocenters. The zero-order chi connectivity index (χ0) is 27.0. The average Bonchev–Trinajstić information content (AvgIpc) is 3.15. The summed E-state index contributed by atoms with van der Waals surface area (Å²) in [7, 11) is 1.24. The van der Waals surface area contributed by atoms with E-state index >= 15 is 0 Å². The lowest BCUT2D eigenvalue weighted by atomic mass is 10.0. The van der Waals surface area contributed by atoms with E-state index in [4.69, 9.17) is 4.74 Å². The van der Waals surface area contributed by atoms with Gasteiger partial charge in [-0.2, -0.15) is 26.3 Å². The van der Waals surface area contributed by atoms with Crippen molar-refractivity contribution >= 4 is 17.8 Å². The number of rotatable bonds is 5. The van der Waals surface area contributed by atoms with Crippen molar-refractivity contribution in [1.82, 2.24) is 0 Å². The molecule has 0 heterocycles. The number of ketones is 1. The Kier molecular flexibility index (Phi) is 6.74. The van der Waals surface area contributed by atoms with E-state index in [1.54, 1.807) is 12.1 Å². The minimum atomic E-state index is -4.99. The van der Waals surface area contributed by atoms with Crippen LogP contribution in [0.25, 0.3) is 6.08 Å². The Morgan fingerprint density at radius 2 is 1.65 bits per heavy atom. The highest BCUT2D eigenvalue weighted by molar-refractivity contribution is 6.15. The van der Waals surface area contributed by atoms with Crippen LogP contribution in [-0.4, -0.2) is 25.5 Å². The first-order valence-electron chi connectivity index (χ1n) is 10.7. The quantitative estimate of drug-likeness (QED) is 0.203. The van der Waals surface area contributed by atoms with Crippen molar-refractivity contribution in [1.29, 1.82) is 0 Å². The van der Waals surface area contributed by atoms with E-state index in [1.165, 1.54) is 25.3 Å². The van der Waals surface area contributed by atoms with Crippen LogP contribution < -0.4 is 4.74 Å². The Morgan fingerprint density at radius 3 is 2.22 bits per heavy atom. The highest BCUT2D eigenvalue weighted by atomic mass is 19.4. The first kappa shape index (κ1) is 25.8. The molecule has 4 nitrogen and oxygen atoms in total. The van der Waals surface area contributed by atoms with Gasteiger partial charge in [0, 0.05) is 23.1 Å². The second-order valence-corrected chi connectivity index (χ2v) is 8.14. The lowest BCUT2D eigenvalue weighted by molar-refractivity contribution is -0.143. The lowest BCUT2D eigenvalue weighted by Gasteiger charge is -2.13. The largest absolute Gasteiger partial charge is 0.488 e. The molecule has 0 bridgehead atoms. The molecule has 37 heavy (non-hydrogen) atoms. The number of methoxy groups -OCH3 is 1. The van der Waals surface area contributed by atoms with Gasteiger partial charge in [0.2, 0.25) is 0 Å². The number of fused-ring (bicyclic) bond motifs is 1. The monoisotopic (exact) mass is 518 g/mol. The number of hydrogen-bond acceptors (Lipinski definition) is 4. The minimum absolute atomic E-state index is 0.0106. The van der Waals surface area contributed by atoms with Crippen LogP contribution in [0.1, 0.15) is 32.6 Å². The molecular formula is C27H16F6O4. The number of Topliss-reactive ketones (excluding diaryl/α,β-unsaturated/α-hetero) is 1. The third-order valence-electron chi connectivity index (χ3n) is 5.55. The molecule has 0 saturated carbocycles. The molecule has 0 atom stereocenters. The topological polar surface area (TPSA) is 52.6 Å². The van der Waals surface area contributed by atoms with Gasteiger partial charge in [0.15, 0.2) is 5.78 Å². The van der Waals surface area contributed by atoms with E-state index in [1.807, 2.05) is 0 Å². The van der Waals surface area contributed by atoms with Crippen LogP contribution in [0.15, 0.2) is 76.7 Å². The van der Waals surface area contributed by atoms with Gasteiger partial charge >= 0.3 is 18.3 Å². The Labute approximate surface area is 206 Å². The summed E-state index contributed by atoms with van der Waals surface area (Å²) in [5.74, 6) is -0.666. The maximum Gasteiger partial charge on any atom is 0.416 e. The Bertz CT molecular complexity index is 1430. The maximum atomic E-state index is 13.2. The first-order chi connectivity index (χ1) is 17.3. The fourth-order valence-corrected chi connectivity index (χ4v) is 3.76. The predicted molar refractivity (Wildman–Crippen MR) is 120 cm³/mol. The third-order valence-corrected chi connectivity index (χ3v) is 5.55. The van der Waals surface area contributed by atoms with Gasteiger partial charge in [0.05, 0.1) is 18.2 Å². The van der Waals surface area contributed by atoms with Gasteiger partial charge in [0.25, 0.3) is 0 Å². The van der Waals surface area contributed by atoms with Crippen LogP contribution in [0.2, 0.25) is 0 Å². The second kappa shape index (κ2) is 9.65. The number of esters is 1. The summed E-state index contributed by atoms with van der Waals surface area (Å²) in [4.78, 5) is 24.2. The molecule has 2 aliphatic carbocycles. The molecule has 2 aromatic carbocycles. The molecular weight excluding hydrogens is 502 g/mol. The fraction of sp³-hybridized carbons (Fsp3) is 0.185. The number of carbonyl (C=O) groups excluding carboxylic acids is 2. The van der Waals surface area contributed by atoms with Crippen molar-refractivity contribution in [3.63, 3.8) is 0 Å². The average molecular weight is 518 g/mol. The van der Waals surface area contributed by atoms with E-state index < -0.39 is 35.2 Å². The van der Waals surface area contributed by atoms with Crippen LogP contribution in [0.3, 0.4) is 0 Å². The molecule has 0 amide bonds. The van der Waals surface area contributed by atoms with Gasteiger partial charge in [-0.3, -0.25) is 4.79 Å². The molecule has 0 radical (unpaired) electrons. The number of carbonyl (C=O) groups is 2. The minimum Gasteiger partial charge on any atom is -0.488 e. The Hall–Kier alpha value is -4.26. The molecule has 0 aromatic heterocycles. The summed E-state index contributed by atoms with van der Waals surface area (Å²) >= 11 is 0.